The molecule has 1 aliphatic rings. The Labute approximate surface area is 114 Å². The van der Waals surface area contributed by atoms with E-state index in [1.807, 2.05) is 0 Å². The fourth-order valence-corrected chi connectivity index (χ4v) is 3.90. The van der Waals surface area contributed by atoms with E-state index >= 15 is 0 Å². The molecule has 1 aliphatic heterocycles. The monoisotopic (exact) mass is 278 g/mol. The average molecular weight is 278 g/mol. The molecule has 1 aromatic rings. The maximum Gasteiger partial charge on any atom is 0.243 e. The number of nitrogens with zero attached hydrogens (tertiary/aromatic N) is 2. The molecule has 4 nitrogen and oxygen atoms in total. The van der Waals surface area contributed by atoms with Gasteiger partial charge in [0.1, 0.15) is 0 Å². The molecule has 0 radical (unpaired) electrons. The molecule has 1 fully saturated rings. The van der Waals surface area contributed by atoms with Gasteiger partial charge in [-0.05, 0) is 30.0 Å². The van der Waals surface area contributed by atoms with Gasteiger partial charge in [-0.15, -0.1) is 0 Å². The van der Waals surface area contributed by atoms with Gasteiger partial charge in [0.15, 0.2) is 0 Å². The van der Waals surface area contributed by atoms with Gasteiger partial charge in [-0.2, -0.15) is 9.57 Å². The van der Waals surface area contributed by atoms with E-state index in [-0.39, 0.29) is 0 Å². The number of hydrogen-bond acceptors (Lipinski definition) is 3. The minimum Gasteiger partial charge on any atom is -0.207 e. The van der Waals surface area contributed by atoms with Crippen LogP contribution in [0.1, 0.15) is 25.3 Å². The first-order valence-corrected chi connectivity index (χ1v) is 7.98. The zero-order valence-electron chi connectivity index (χ0n) is 11.0. The quantitative estimate of drug-likeness (QED) is 0.848. The van der Waals surface area contributed by atoms with Crippen molar-refractivity contribution >= 4 is 10.0 Å². The van der Waals surface area contributed by atoms with Crippen LogP contribution in [0.15, 0.2) is 29.2 Å². The van der Waals surface area contributed by atoms with Gasteiger partial charge in [0.25, 0.3) is 0 Å². The molecule has 2 rings (SSSR count). The van der Waals surface area contributed by atoms with Crippen LogP contribution in [0, 0.1) is 17.2 Å². The van der Waals surface area contributed by atoms with Crippen molar-refractivity contribution < 1.29 is 8.42 Å². The topological polar surface area (TPSA) is 61.2 Å². The lowest BCUT2D eigenvalue weighted by molar-refractivity contribution is 0.453. The fraction of sp³-hybridized carbons (Fsp3) is 0.500. The highest BCUT2D eigenvalue weighted by molar-refractivity contribution is 7.89. The predicted molar refractivity (Wildman–Crippen MR) is 72.9 cm³/mol. The van der Waals surface area contributed by atoms with Crippen molar-refractivity contribution in [1.29, 1.82) is 5.26 Å². The van der Waals surface area contributed by atoms with Crippen molar-refractivity contribution in [2.24, 2.45) is 5.92 Å². The lowest BCUT2D eigenvalue weighted by atomic mass is 10.1. The van der Waals surface area contributed by atoms with Gasteiger partial charge >= 0.3 is 0 Å². The molecule has 102 valence electrons. The Morgan fingerprint density at radius 2 is 2.05 bits per heavy atom. The third-order valence-corrected chi connectivity index (χ3v) is 5.55. The number of sulfonamides is 1. The summed E-state index contributed by atoms with van der Waals surface area (Å²) < 4.78 is 26.4. The maximum atomic E-state index is 12.4. The van der Waals surface area contributed by atoms with E-state index < -0.39 is 10.0 Å². The van der Waals surface area contributed by atoms with Gasteiger partial charge in [0.05, 0.1) is 17.4 Å². The molecule has 0 aliphatic carbocycles. The van der Waals surface area contributed by atoms with E-state index in [2.05, 4.69) is 13.0 Å². The first kappa shape index (κ1) is 14.0. The summed E-state index contributed by atoms with van der Waals surface area (Å²) in [6.07, 6.45) is 2.28. The third-order valence-electron chi connectivity index (χ3n) is 3.67. The van der Waals surface area contributed by atoms with Gasteiger partial charge in [0, 0.05) is 13.1 Å². The van der Waals surface area contributed by atoms with Gasteiger partial charge in [-0.25, -0.2) is 8.42 Å². The average Bonchev–Trinajstić information content (AvgIpc) is 2.89. The largest absolute Gasteiger partial charge is 0.243 e. The lowest BCUT2D eigenvalue weighted by Crippen LogP contribution is -2.28. The van der Waals surface area contributed by atoms with Crippen molar-refractivity contribution in [2.75, 3.05) is 13.1 Å². The second-order valence-electron chi connectivity index (χ2n) is 4.90. The van der Waals surface area contributed by atoms with Crippen LogP contribution in [-0.2, 0) is 16.4 Å². The molecule has 1 unspecified atom stereocenters. The van der Waals surface area contributed by atoms with Crippen molar-refractivity contribution in [1.82, 2.24) is 4.31 Å². The summed E-state index contributed by atoms with van der Waals surface area (Å²) >= 11 is 0. The van der Waals surface area contributed by atoms with Crippen molar-refractivity contribution in [3.8, 4) is 6.07 Å². The molecule has 1 aromatic carbocycles. The lowest BCUT2D eigenvalue weighted by Gasteiger charge is -2.16. The zero-order chi connectivity index (χ0) is 13.9. The van der Waals surface area contributed by atoms with Crippen LogP contribution in [0.5, 0.6) is 0 Å². The Morgan fingerprint density at radius 3 is 2.58 bits per heavy atom. The van der Waals surface area contributed by atoms with Gasteiger partial charge in [0.2, 0.25) is 10.0 Å². The molecular weight excluding hydrogens is 260 g/mol. The minimum atomic E-state index is -3.36. The summed E-state index contributed by atoms with van der Waals surface area (Å²) in [5.41, 5.74) is 0.842. The molecule has 0 saturated carbocycles. The summed E-state index contributed by atoms with van der Waals surface area (Å²) in [6, 6.07) is 8.67. The van der Waals surface area contributed by atoms with E-state index in [1.165, 1.54) is 0 Å². The van der Waals surface area contributed by atoms with Crippen molar-refractivity contribution in [3.05, 3.63) is 29.8 Å². The first-order valence-electron chi connectivity index (χ1n) is 6.54. The van der Waals surface area contributed by atoms with Crippen molar-refractivity contribution in [3.63, 3.8) is 0 Å². The van der Waals surface area contributed by atoms with E-state index in [9.17, 15) is 8.42 Å². The van der Waals surface area contributed by atoms with E-state index in [4.69, 9.17) is 5.26 Å². The molecule has 1 atom stereocenters. The van der Waals surface area contributed by atoms with Crippen LogP contribution >= 0.6 is 0 Å². The van der Waals surface area contributed by atoms with Crippen LogP contribution in [0.3, 0.4) is 0 Å². The highest BCUT2D eigenvalue weighted by Gasteiger charge is 2.31. The van der Waals surface area contributed by atoms with Gasteiger partial charge < -0.3 is 0 Å². The first-order chi connectivity index (χ1) is 9.07. The van der Waals surface area contributed by atoms with Crippen LogP contribution in [0.2, 0.25) is 0 Å². The Balaban J connectivity index is 2.18. The molecule has 0 amide bonds. The Hall–Kier alpha value is -1.38. The molecule has 0 spiro atoms. The number of benzene rings is 1. The fourth-order valence-electron chi connectivity index (χ4n) is 2.37. The van der Waals surface area contributed by atoms with E-state index in [0.717, 1.165) is 18.4 Å². The number of rotatable bonds is 4. The molecule has 0 bridgehead atoms. The molecule has 0 N–H and O–H groups in total. The highest BCUT2D eigenvalue weighted by Crippen LogP contribution is 2.26. The SMILES string of the molecule is CCC1CCN(S(=O)(=O)c2ccc(CC#N)cc2)C1. The smallest absolute Gasteiger partial charge is 0.207 e. The van der Waals surface area contributed by atoms with Crippen LogP contribution in [0.4, 0.5) is 0 Å². The van der Waals surface area contributed by atoms with E-state index in [0.29, 0.717) is 30.3 Å². The highest BCUT2D eigenvalue weighted by atomic mass is 32.2. The molecule has 1 saturated heterocycles. The number of hydrogen-bond donors (Lipinski definition) is 0. The molecule has 5 heteroatoms. The van der Waals surface area contributed by atoms with Gasteiger partial charge in [-0.3, -0.25) is 0 Å². The minimum absolute atomic E-state index is 0.307. The maximum absolute atomic E-state index is 12.4. The molecule has 1 heterocycles. The zero-order valence-corrected chi connectivity index (χ0v) is 11.9. The van der Waals surface area contributed by atoms with Crippen LogP contribution < -0.4 is 0 Å². The number of nitriles is 1. The third kappa shape index (κ3) is 2.96. The summed E-state index contributed by atoms with van der Waals surface area (Å²) in [5, 5.41) is 8.60. The Bertz CT molecular complexity index is 572. The second-order valence-corrected chi connectivity index (χ2v) is 6.84. The summed E-state index contributed by atoms with van der Waals surface area (Å²) in [6.45, 7) is 3.33. The standard InChI is InChI=1S/C14H18N2O2S/c1-2-12-8-10-16(11-12)19(17,18)14-5-3-13(4-6-14)7-9-15/h3-6,12H,2,7-8,10-11H2,1H3. The van der Waals surface area contributed by atoms with Crippen molar-refractivity contribution in [2.45, 2.75) is 31.1 Å². The second kappa shape index (κ2) is 5.72. The Kier molecular flexibility index (Phi) is 4.23. The van der Waals surface area contributed by atoms with Crippen LogP contribution in [0.25, 0.3) is 0 Å². The summed E-state index contributed by atoms with van der Waals surface area (Å²) in [7, 11) is -3.36. The van der Waals surface area contributed by atoms with Gasteiger partial charge in [-0.1, -0.05) is 25.5 Å². The summed E-state index contributed by atoms with van der Waals surface area (Å²) in [5.74, 6) is 0.479. The molecular formula is C14H18N2O2S. The summed E-state index contributed by atoms with van der Waals surface area (Å²) in [4.78, 5) is 0.325. The van der Waals surface area contributed by atoms with E-state index in [1.54, 1.807) is 28.6 Å². The Morgan fingerprint density at radius 1 is 1.37 bits per heavy atom. The predicted octanol–water partition coefficient (Wildman–Crippen LogP) is 2.17. The normalized spacial score (nSPS) is 20.3. The molecule has 0 aromatic heterocycles. The molecule has 19 heavy (non-hydrogen) atoms. The van der Waals surface area contributed by atoms with Crippen LogP contribution in [-0.4, -0.2) is 25.8 Å².